The molecule has 1 aromatic carbocycles. The van der Waals surface area contributed by atoms with Crippen molar-refractivity contribution in [1.82, 2.24) is 0 Å². The van der Waals surface area contributed by atoms with Gasteiger partial charge in [-0.1, -0.05) is 6.58 Å². The average molecular weight is 221 g/mol. The van der Waals surface area contributed by atoms with E-state index < -0.39 is 4.92 Å². The Morgan fingerprint density at radius 3 is 2.56 bits per heavy atom. The fourth-order valence-corrected chi connectivity index (χ4v) is 1.22. The zero-order valence-corrected chi connectivity index (χ0v) is 9.02. The first kappa shape index (κ1) is 11.9. The first-order valence-electron chi connectivity index (χ1n) is 4.50. The highest BCUT2D eigenvalue weighted by Gasteiger charge is 2.18. The minimum Gasteiger partial charge on any atom is -0.490 e. The number of ketones is 1. The molecule has 0 aromatic heterocycles. The van der Waals surface area contributed by atoms with Gasteiger partial charge in [-0.3, -0.25) is 14.9 Å². The zero-order valence-electron chi connectivity index (χ0n) is 9.02. The average Bonchev–Trinajstić information content (AvgIpc) is 2.26. The summed E-state index contributed by atoms with van der Waals surface area (Å²) in [6, 6.07) is 4.06. The lowest BCUT2D eigenvalue weighted by atomic mass is 10.1. The summed E-state index contributed by atoms with van der Waals surface area (Å²) in [6.07, 6.45) is 0. The Hall–Kier alpha value is -2.17. The third kappa shape index (κ3) is 2.25. The standard InChI is InChI=1S/C11H11NO4/c1-7(2)11(13)8-4-5-10(16-3)9(6-8)12(14)15/h4-6H,1H2,2-3H3. The number of allylic oxidation sites excluding steroid dienone is 1. The highest BCUT2D eigenvalue weighted by atomic mass is 16.6. The molecule has 84 valence electrons. The van der Waals surface area contributed by atoms with Gasteiger partial charge in [-0.2, -0.15) is 0 Å². The SMILES string of the molecule is C=C(C)C(=O)c1ccc(OC)c([N+](=O)[O-])c1. The molecule has 5 nitrogen and oxygen atoms in total. The van der Waals surface area contributed by atoms with Gasteiger partial charge in [0.25, 0.3) is 0 Å². The van der Waals surface area contributed by atoms with Crippen molar-refractivity contribution in [3.8, 4) is 5.75 Å². The van der Waals surface area contributed by atoms with Crippen molar-refractivity contribution < 1.29 is 14.5 Å². The second-order valence-corrected chi connectivity index (χ2v) is 3.25. The van der Waals surface area contributed by atoms with Gasteiger partial charge in [0.1, 0.15) is 0 Å². The van der Waals surface area contributed by atoms with Crippen LogP contribution in [0, 0.1) is 10.1 Å². The molecule has 1 aromatic rings. The van der Waals surface area contributed by atoms with E-state index in [9.17, 15) is 14.9 Å². The molecule has 1 rings (SSSR count). The second kappa shape index (κ2) is 4.57. The maximum atomic E-state index is 11.6. The van der Waals surface area contributed by atoms with E-state index >= 15 is 0 Å². The fourth-order valence-electron chi connectivity index (χ4n) is 1.22. The Balaban J connectivity index is 3.27. The number of nitro groups is 1. The molecule has 0 aliphatic rings. The van der Waals surface area contributed by atoms with Gasteiger partial charge in [0.15, 0.2) is 11.5 Å². The van der Waals surface area contributed by atoms with Crippen LogP contribution in [0.3, 0.4) is 0 Å². The van der Waals surface area contributed by atoms with E-state index in [4.69, 9.17) is 4.74 Å². The lowest BCUT2D eigenvalue weighted by Crippen LogP contribution is -2.02. The molecule has 0 N–H and O–H groups in total. The van der Waals surface area contributed by atoms with E-state index in [-0.39, 0.29) is 22.8 Å². The van der Waals surface area contributed by atoms with Crippen molar-refractivity contribution in [2.24, 2.45) is 0 Å². The molecule has 0 aliphatic carbocycles. The van der Waals surface area contributed by atoms with Crippen LogP contribution in [-0.4, -0.2) is 17.8 Å². The number of carbonyl (C=O) groups excluding carboxylic acids is 1. The normalized spacial score (nSPS) is 9.62. The zero-order chi connectivity index (χ0) is 12.3. The number of nitro benzene ring substituents is 1. The van der Waals surface area contributed by atoms with Crippen LogP contribution in [0.4, 0.5) is 5.69 Å². The van der Waals surface area contributed by atoms with Gasteiger partial charge in [-0.25, -0.2) is 0 Å². The minimum absolute atomic E-state index is 0.128. The fraction of sp³-hybridized carbons (Fsp3) is 0.182. The van der Waals surface area contributed by atoms with E-state index in [1.54, 1.807) is 6.92 Å². The van der Waals surface area contributed by atoms with Crippen molar-refractivity contribution in [3.05, 3.63) is 46.0 Å². The van der Waals surface area contributed by atoms with Crippen LogP contribution >= 0.6 is 0 Å². The topological polar surface area (TPSA) is 69.4 Å². The second-order valence-electron chi connectivity index (χ2n) is 3.25. The lowest BCUT2D eigenvalue weighted by Gasteiger charge is -2.04. The van der Waals surface area contributed by atoms with Gasteiger partial charge in [-0.05, 0) is 24.6 Å². The maximum absolute atomic E-state index is 11.6. The van der Waals surface area contributed by atoms with Gasteiger partial charge in [0, 0.05) is 11.6 Å². The Kier molecular flexibility index (Phi) is 3.40. The molecular formula is C11H11NO4. The quantitative estimate of drug-likeness (QED) is 0.338. The number of methoxy groups -OCH3 is 1. The van der Waals surface area contributed by atoms with Gasteiger partial charge in [0.2, 0.25) is 0 Å². The molecule has 0 unspecified atom stereocenters. The van der Waals surface area contributed by atoms with E-state index in [2.05, 4.69) is 6.58 Å². The number of hydrogen-bond donors (Lipinski definition) is 0. The van der Waals surface area contributed by atoms with Gasteiger partial charge >= 0.3 is 5.69 Å². The molecule has 16 heavy (non-hydrogen) atoms. The Morgan fingerprint density at radius 1 is 1.50 bits per heavy atom. The smallest absolute Gasteiger partial charge is 0.311 e. The Bertz CT molecular complexity index is 465. The molecule has 0 atom stereocenters. The largest absolute Gasteiger partial charge is 0.490 e. The number of Topliss-reactive ketones (excluding diaryl/α,β-unsaturated/α-hetero) is 1. The van der Waals surface area contributed by atoms with Crippen molar-refractivity contribution in [2.75, 3.05) is 7.11 Å². The molecule has 0 spiro atoms. The highest BCUT2D eigenvalue weighted by molar-refractivity contribution is 6.08. The summed E-state index contributed by atoms with van der Waals surface area (Å²) in [5, 5.41) is 10.7. The third-order valence-corrected chi connectivity index (χ3v) is 2.03. The maximum Gasteiger partial charge on any atom is 0.311 e. The molecular weight excluding hydrogens is 210 g/mol. The molecule has 0 heterocycles. The lowest BCUT2D eigenvalue weighted by molar-refractivity contribution is -0.385. The molecule has 0 fully saturated rings. The third-order valence-electron chi connectivity index (χ3n) is 2.03. The molecule has 0 radical (unpaired) electrons. The molecule has 0 aliphatic heterocycles. The van der Waals surface area contributed by atoms with Crippen LogP contribution in [0.5, 0.6) is 5.75 Å². The molecule has 5 heteroatoms. The molecule has 0 bridgehead atoms. The first-order chi connectivity index (χ1) is 7.47. The van der Waals surface area contributed by atoms with Gasteiger partial charge in [0.05, 0.1) is 12.0 Å². The predicted molar refractivity (Wildman–Crippen MR) is 58.8 cm³/mol. The van der Waals surface area contributed by atoms with E-state index in [1.807, 2.05) is 0 Å². The number of benzene rings is 1. The summed E-state index contributed by atoms with van der Waals surface area (Å²) >= 11 is 0. The summed E-state index contributed by atoms with van der Waals surface area (Å²) < 4.78 is 4.83. The van der Waals surface area contributed by atoms with E-state index in [0.717, 1.165) is 0 Å². The number of rotatable bonds is 4. The number of hydrogen-bond acceptors (Lipinski definition) is 4. The number of ether oxygens (including phenoxy) is 1. The number of nitrogens with zero attached hydrogens (tertiary/aromatic N) is 1. The van der Waals surface area contributed by atoms with Gasteiger partial charge < -0.3 is 4.74 Å². The van der Waals surface area contributed by atoms with Crippen molar-refractivity contribution in [2.45, 2.75) is 6.92 Å². The minimum atomic E-state index is -0.589. The molecule has 0 saturated heterocycles. The van der Waals surface area contributed by atoms with Crippen molar-refractivity contribution >= 4 is 11.5 Å². The summed E-state index contributed by atoms with van der Waals surface area (Å²) in [6.45, 7) is 5.05. The van der Waals surface area contributed by atoms with Gasteiger partial charge in [-0.15, -0.1) is 0 Å². The molecule has 0 amide bonds. The van der Waals surface area contributed by atoms with Crippen LogP contribution in [0.15, 0.2) is 30.4 Å². The molecule has 0 saturated carbocycles. The Labute approximate surface area is 92.5 Å². The van der Waals surface area contributed by atoms with Crippen LogP contribution in [-0.2, 0) is 0 Å². The highest BCUT2D eigenvalue weighted by Crippen LogP contribution is 2.28. The van der Waals surface area contributed by atoms with Crippen LogP contribution < -0.4 is 4.74 Å². The van der Waals surface area contributed by atoms with Crippen molar-refractivity contribution in [3.63, 3.8) is 0 Å². The van der Waals surface area contributed by atoms with Crippen LogP contribution in [0.1, 0.15) is 17.3 Å². The Morgan fingerprint density at radius 2 is 2.12 bits per heavy atom. The summed E-state index contributed by atoms with van der Waals surface area (Å²) in [7, 11) is 1.34. The van der Waals surface area contributed by atoms with E-state index in [0.29, 0.717) is 5.57 Å². The summed E-state index contributed by atoms with van der Waals surface area (Å²) in [5.41, 5.74) is 0.342. The summed E-state index contributed by atoms with van der Waals surface area (Å²) in [5.74, 6) is -0.186. The van der Waals surface area contributed by atoms with Crippen LogP contribution in [0.2, 0.25) is 0 Å². The van der Waals surface area contributed by atoms with E-state index in [1.165, 1.54) is 25.3 Å². The summed E-state index contributed by atoms with van der Waals surface area (Å²) in [4.78, 5) is 21.7. The predicted octanol–water partition coefficient (Wildman–Crippen LogP) is 2.36. The van der Waals surface area contributed by atoms with Crippen LogP contribution in [0.25, 0.3) is 0 Å². The first-order valence-corrected chi connectivity index (χ1v) is 4.50. The number of carbonyl (C=O) groups is 1. The van der Waals surface area contributed by atoms with Crippen molar-refractivity contribution in [1.29, 1.82) is 0 Å². The monoisotopic (exact) mass is 221 g/mol.